The molecule has 143 heavy (non-hydrogen) atoms. The molecule has 0 aliphatic carbocycles. The Balaban J connectivity index is 0. The number of hydrogen-bond acceptors (Lipinski definition) is 31. The van der Waals surface area contributed by atoms with Gasteiger partial charge in [-0.3, -0.25) is 48.4 Å². The molecule has 0 saturated carbocycles. The van der Waals surface area contributed by atoms with Gasteiger partial charge in [0.2, 0.25) is 29.5 Å². The Morgan fingerprint density at radius 2 is 0.776 bits per heavy atom. The average molecular weight is 2150 g/mol. The maximum Gasteiger partial charge on any atom is 0.411 e. The third kappa shape index (κ3) is 44.4. The molecule has 41 nitrogen and oxygen atoms in total. The van der Waals surface area contributed by atoms with E-state index in [-0.39, 0.29) is 49.6 Å². The number of ether oxygens (including phenoxy) is 11. The standard InChI is InChI=1S/C24H29N3O4.C19H27IN2O6.C19H28N2O6.C18H26N2O6.C14H19NO5.C4H9NO2.CH4O.CH4.ClH/c1-13-6-8-16-10-18(13)19-12-17(9-7-14(19)2)21(25-4)23(29)26-15(3)22(28)27-20(11-16)24(30)31-5;1-11(17(24)27-7)21-16(23)15(22(5)18(25)28-19(2,3)4)12-8-9-14(26-6)13(20)10-12;1-12(17(23)26-7)20-16(22)15(13-8-10-14(25-6)11-9-13)21(5)18(24)27-19(2,3)4;1-11(16(23)25-6)19-15(22)14(12-7-9-13(21)10-8-12)20(5)17(24)26-18(2,3)4;1-14(2,3)20-13(19)15(4)11(12(17)18)9-5-7-10(16)8-6-9;1-3(5)4(6)7-2;1-2;;/h6-10,12,15,20-21,25H,11H2,1-5H3,(H,26,29)(H,27,28);8-11,15H,1-7H3,(H,21,23);8-12,15H,1-7H3,(H,20,22);7-11,14,21H,1-6H3,(H,19,22);5-8,11,16H,1-4H3,(H,17,18);3H,5H2,1-2H3;2H,1H3;1H4;1H/t15-,20-,21-;11-,15-;12-,15-;11-,14-;11-;3-;;;/m000000.../s1. The minimum absolute atomic E-state index is 0. The van der Waals surface area contributed by atoms with Crippen molar-refractivity contribution in [2.24, 2.45) is 5.73 Å². The lowest BCUT2D eigenvalue weighted by Gasteiger charge is -2.31. The van der Waals surface area contributed by atoms with Crippen molar-refractivity contribution in [3.05, 3.63) is 175 Å². The highest BCUT2D eigenvalue weighted by molar-refractivity contribution is 14.1. The number of halogens is 2. The number of rotatable bonds is 23. The number of aliphatic carboxylic acids is 1. The largest absolute Gasteiger partial charge is 0.508 e. The van der Waals surface area contributed by atoms with E-state index in [0.29, 0.717) is 33.8 Å². The molecule has 0 spiro atoms. The van der Waals surface area contributed by atoms with Crippen LogP contribution in [0.5, 0.6) is 23.0 Å². The van der Waals surface area contributed by atoms with E-state index in [0.717, 1.165) is 53.9 Å². The molecule has 0 saturated heterocycles. The van der Waals surface area contributed by atoms with Gasteiger partial charge in [0.15, 0.2) is 6.04 Å². The number of fused-ring (bicyclic) bond motifs is 5. The number of benzene rings is 6. The van der Waals surface area contributed by atoms with Gasteiger partial charge in [-0.1, -0.05) is 80.2 Å². The number of carbonyl (C=O) groups is 15. The van der Waals surface area contributed by atoms with E-state index in [2.05, 4.69) is 73.4 Å². The van der Waals surface area contributed by atoms with Gasteiger partial charge in [0.1, 0.15) is 106 Å². The van der Waals surface area contributed by atoms with Gasteiger partial charge in [-0.25, -0.2) is 43.2 Å². The minimum atomic E-state index is -1.18. The van der Waals surface area contributed by atoms with Crippen molar-refractivity contribution in [3.8, 4) is 34.1 Å². The van der Waals surface area contributed by atoms with E-state index in [4.69, 9.17) is 44.0 Å². The lowest BCUT2D eigenvalue weighted by atomic mass is 9.90. The van der Waals surface area contributed by atoms with Crippen LogP contribution in [0.3, 0.4) is 0 Å². The molecule has 11 atom stereocenters. The third-order valence-corrected chi connectivity index (χ3v) is 20.5. The highest BCUT2D eigenvalue weighted by Gasteiger charge is 2.39. The van der Waals surface area contributed by atoms with Crippen molar-refractivity contribution in [1.82, 2.24) is 51.5 Å². The third-order valence-electron chi connectivity index (χ3n) is 19.6. The first-order chi connectivity index (χ1) is 65.4. The SMILES string of the molecule is C.CN(C(=O)OC(C)(C)C)[C@H](C(=O)O)c1ccc(O)cc1.CN[C@@H]1C(=O)N[C@@H](C)C(=O)N[C@H](C(=O)OC)Cc2ccc(C)c(c2)-c2cc1ccc2C.CO.COC(=O)[C@H](C)N.COC(=O)[C@H](C)NC(=O)[C@H](c1ccc(O)cc1)N(C)C(=O)OC(C)(C)C.COC(=O)[C@H](C)NC(=O)[C@H](c1ccc(OC)c(I)c1)N(C)C(=O)OC(C)(C)C.COC(=O)[C@H](C)NC(=O)[C@H](c1ccc(OC)cc1)N(C)C(=O)OC(C)(C)C.Cl. The molecule has 4 bridgehead atoms. The van der Waals surface area contributed by atoms with Crippen molar-refractivity contribution in [2.45, 2.75) is 234 Å². The van der Waals surface area contributed by atoms with E-state index in [1.54, 1.807) is 154 Å². The molecular formula is C100H147ClIN11O30. The van der Waals surface area contributed by atoms with Crippen LogP contribution in [-0.2, 0) is 102 Å². The summed E-state index contributed by atoms with van der Waals surface area (Å²) in [5, 5.41) is 51.1. The van der Waals surface area contributed by atoms with Crippen molar-refractivity contribution in [1.29, 1.82) is 0 Å². The highest BCUT2D eigenvalue weighted by atomic mass is 127. The number of phenolic OH excluding ortho intramolecular Hbond substituents is 2. The van der Waals surface area contributed by atoms with Gasteiger partial charge >= 0.3 is 60.2 Å². The number of aliphatic hydroxyl groups excluding tert-OH is 1. The van der Waals surface area contributed by atoms with Gasteiger partial charge in [0, 0.05) is 41.7 Å². The molecular weight excluding hydrogens is 2000 g/mol. The van der Waals surface area contributed by atoms with E-state index in [9.17, 15) is 87.2 Å². The predicted molar refractivity (Wildman–Crippen MR) is 545 cm³/mol. The number of nitrogens with one attached hydrogen (secondary N) is 6. The fourth-order valence-electron chi connectivity index (χ4n) is 12.5. The van der Waals surface area contributed by atoms with Crippen LogP contribution in [0, 0.1) is 17.4 Å². The molecule has 12 N–H and O–H groups in total. The lowest BCUT2D eigenvalue weighted by Crippen LogP contribution is -2.52. The van der Waals surface area contributed by atoms with Gasteiger partial charge in [-0.15, -0.1) is 12.4 Å². The van der Waals surface area contributed by atoms with E-state index in [1.165, 1.54) is 150 Å². The van der Waals surface area contributed by atoms with Crippen LogP contribution in [0.15, 0.2) is 127 Å². The monoisotopic (exact) mass is 2140 g/mol. The fourth-order valence-corrected chi connectivity index (χ4v) is 13.3. The number of esters is 5. The summed E-state index contributed by atoms with van der Waals surface area (Å²) in [6.45, 7) is 32.4. The molecule has 1 aliphatic heterocycles. The molecule has 0 aromatic heterocycles. The summed E-state index contributed by atoms with van der Waals surface area (Å²) in [6.07, 6.45) is -2.47. The first kappa shape index (κ1) is 132. The second kappa shape index (κ2) is 61.5. The Kier molecular flexibility index (Phi) is 56.6. The molecule has 43 heteroatoms. The number of aromatic hydroxyl groups is 2. The first-order valence-corrected chi connectivity index (χ1v) is 45.1. The Labute approximate surface area is 857 Å². The number of phenols is 2. The number of aliphatic hydroxyl groups is 1. The van der Waals surface area contributed by atoms with Crippen molar-refractivity contribution in [2.75, 3.05) is 92.1 Å². The number of carbonyl (C=O) groups excluding carboxylic acids is 14. The van der Waals surface area contributed by atoms with Gasteiger partial charge in [0.25, 0.3) is 0 Å². The number of nitrogens with zero attached hydrogens (tertiary/aromatic N) is 4. The van der Waals surface area contributed by atoms with Crippen LogP contribution < -0.4 is 47.1 Å². The molecule has 796 valence electrons. The van der Waals surface area contributed by atoms with Crippen LogP contribution in [0.4, 0.5) is 19.2 Å². The Bertz CT molecular complexity index is 5180. The normalized spacial score (nSPS) is 14.6. The maximum absolute atomic E-state index is 12.9. The van der Waals surface area contributed by atoms with Crippen LogP contribution in [0.2, 0.25) is 0 Å². The highest BCUT2D eigenvalue weighted by Crippen LogP contribution is 2.35. The quantitative estimate of drug-likeness (QED) is 0.0161. The summed E-state index contributed by atoms with van der Waals surface area (Å²) < 4.78 is 55.4. The summed E-state index contributed by atoms with van der Waals surface area (Å²) in [4.78, 5) is 187. The fraction of sp³-hybridized carbons (Fsp3) is 0.490. The predicted octanol–water partition coefficient (Wildman–Crippen LogP) is 11.7. The van der Waals surface area contributed by atoms with E-state index < -0.39 is 167 Å². The molecule has 0 unspecified atom stereocenters. The molecule has 1 aliphatic rings. The van der Waals surface area contributed by atoms with E-state index >= 15 is 0 Å². The molecule has 0 radical (unpaired) electrons. The molecule has 6 aromatic carbocycles. The zero-order valence-electron chi connectivity index (χ0n) is 86.7. The Hall–Kier alpha value is -13.3. The van der Waals surface area contributed by atoms with Crippen LogP contribution in [0.1, 0.15) is 200 Å². The Morgan fingerprint density at radius 3 is 1.08 bits per heavy atom. The maximum atomic E-state index is 12.9. The van der Waals surface area contributed by atoms with Crippen molar-refractivity contribution in [3.63, 3.8) is 0 Å². The summed E-state index contributed by atoms with van der Waals surface area (Å²) in [7, 11) is 17.8. The zero-order valence-corrected chi connectivity index (χ0v) is 89.7. The molecule has 9 amide bonds. The number of carboxylic acid groups (broad SMARTS) is 1. The summed E-state index contributed by atoms with van der Waals surface area (Å²) in [6, 6.07) is 25.6. The van der Waals surface area contributed by atoms with E-state index in [1.807, 2.05) is 50.2 Å². The van der Waals surface area contributed by atoms with Gasteiger partial charge in [-0.2, -0.15) is 0 Å². The van der Waals surface area contributed by atoms with Crippen LogP contribution in [-0.4, -0.2) is 281 Å². The lowest BCUT2D eigenvalue weighted by molar-refractivity contribution is -0.145. The van der Waals surface area contributed by atoms with Crippen molar-refractivity contribution < 1.29 is 144 Å². The molecule has 7 rings (SSSR count). The second-order valence-corrected chi connectivity index (χ2v) is 36.9. The zero-order chi connectivity index (χ0) is 109. The van der Waals surface area contributed by atoms with Crippen LogP contribution >= 0.6 is 35.0 Å². The number of carboxylic acids is 1. The van der Waals surface area contributed by atoms with Gasteiger partial charge in [0.05, 0.1) is 53.3 Å². The molecule has 6 aromatic rings. The first-order valence-electron chi connectivity index (χ1n) is 44.0. The summed E-state index contributed by atoms with van der Waals surface area (Å²) >= 11 is 2.08. The number of aryl methyl sites for hydroxylation is 2. The number of methoxy groups -OCH3 is 7. The van der Waals surface area contributed by atoms with Crippen molar-refractivity contribution >= 4 is 125 Å². The molecule has 1 heterocycles. The summed E-state index contributed by atoms with van der Waals surface area (Å²) in [5.74, 6) is -4.99. The van der Waals surface area contributed by atoms with Gasteiger partial charge in [-0.05, 0) is 271 Å². The second-order valence-electron chi connectivity index (χ2n) is 35.7. The number of likely N-dealkylation sites (N-methyl/N-ethyl adjacent to an activating group) is 5. The average Bonchev–Trinajstić information content (AvgIpc) is 0.783. The van der Waals surface area contributed by atoms with Crippen LogP contribution in [0.25, 0.3) is 11.1 Å². The Morgan fingerprint density at radius 1 is 0.448 bits per heavy atom. The topological polar surface area (TPSA) is 550 Å². The molecule has 0 fully saturated rings. The number of nitrogens with two attached hydrogens (primary N) is 1. The summed E-state index contributed by atoms with van der Waals surface area (Å²) in [5.41, 5.74) is 10.0. The number of amides is 9. The number of hydrogen-bond donors (Lipinski definition) is 11. The minimum Gasteiger partial charge on any atom is -0.508 e. The van der Waals surface area contributed by atoms with Gasteiger partial charge < -0.3 is 110 Å². The smallest absolute Gasteiger partial charge is 0.411 e.